The summed E-state index contributed by atoms with van der Waals surface area (Å²) in [5.74, 6) is 0. The molecule has 0 unspecified atom stereocenters. The monoisotopic (exact) mass is 303 g/mol. The van der Waals surface area contributed by atoms with Crippen molar-refractivity contribution in [3.63, 3.8) is 0 Å². The van der Waals surface area contributed by atoms with E-state index in [-0.39, 0.29) is 16.9 Å². The van der Waals surface area contributed by atoms with Crippen LogP contribution < -0.4 is 0 Å². The molecule has 1 aromatic heterocycles. The second-order valence-electron chi connectivity index (χ2n) is 6.27. The molecule has 116 valence electrons. The van der Waals surface area contributed by atoms with Crippen molar-refractivity contribution in [2.75, 3.05) is 20.2 Å². The number of aryl methyl sites for hydroxylation is 1. The lowest BCUT2D eigenvalue weighted by Gasteiger charge is -2.26. The van der Waals surface area contributed by atoms with Crippen molar-refractivity contribution in [2.24, 2.45) is 5.41 Å². The van der Waals surface area contributed by atoms with Gasteiger partial charge < -0.3 is 5.11 Å². The van der Waals surface area contributed by atoms with Gasteiger partial charge in [-0.3, -0.25) is 4.68 Å². The van der Waals surface area contributed by atoms with Crippen LogP contribution in [0, 0.1) is 19.3 Å². The smallest absolute Gasteiger partial charge is 0.246 e. The first-order valence-electron chi connectivity index (χ1n) is 6.62. The number of aromatic nitrogens is 2. The minimum Gasteiger partial charge on any atom is -0.394 e. The Morgan fingerprint density at radius 2 is 1.85 bits per heavy atom. The SMILES string of the molecule is Cc1nn(CCO)c(C)c1S(=O)(=O)N(C)CC(C)(C)C. The molecule has 7 heteroatoms. The Bertz CT molecular complexity index is 570. The molecule has 0 radical (unpaired) electrons. The van der Waals surface area contributed by atoms with E-state index >= 15 is 0 Å². The Morgan fingerprint density at radius 3 is 2.30 bits per heavy atom. The van der Waals surface area contributed by atoms with Crippen molar-refractivity contribution in [1.29, 1.82) is 0 Å². The second-order valence-corrected chi connectivity index (χ2v) is 8.25. The van der Waals surface area contributed by atoms with Gasteiger partial charge in [0.15, 0.2) is 0 Å². The Morgan fingerprint density at radius 1 is 1.30 bits per heavy atom. The zero-order valence-electron chi connectivity index (χ0n) is 13.1. The van der Waals surface area contributed by atoms with Gasteiger partial charge in [-0.15, -0.1) is 0 Å². The predicted octanol–water partition coefficient (Wildman–Crippen LogP) is 1.16. The van der Waals surface area contributed by atoms with E-state index in [4.69, 9.17) is 5.11 Å². The average Bonchev–Trinajstić information content (AvgIpc) is 2.52. The van der Waals surface area contributed by atoms with Gasteiger partial charge in [0.1, 0.15) is 4.90 Å². The minimum absolute atomic E-state index is 0.0702. The number of sulfonamides is 1. The van der Waals surface area contributed by atoms with Gasteiger partial charge in [-0.25, -0.2) is 12.7 Å². The van der Waals surface area contributed by atoms with Crippen LogP contribution in [-0.4, -0.2) is 47.8 Å². The molecule has 1 aromatic rings. The van der Waals surface area contributed by atoms with Crippen molar-refractivity contribution >= 4 is 10.0 Å². The second kappa shape index (κ2) is 5.83. The molecule has 0 aromatic carbocycles. The van der Waals surface area contributed by atoms with Gasteiger partial charge >= 0.3 is 0 Å². The third-order valence-electron chi connectivity index (χ3n) is 2.99. The fourth-order valence-corrected chi connectivity index (χ4v) is 4.04. The highest BCUT2D eigenvalue weighted by atomic mass is 32.2. The summed E-state index contributed by atoms with van der Waals surface area (Å²) in [4.78, 5) is 0.248. The summed E-state index contributed by atoms with van der Waals surface area (Å²) >= 11 is 0. The van der Waals surface area contributed by atoms with Crippen LogP contribution in [0.15, 0.2) is 4.90 Å². The predicted molar refractivity (Wildman–Crippen MR) is 78.1 cm³/mol. The lowest BCUT2D eigenvalue weighted by Crippen LogP contribution is -2.35. The summed E-state index contributed by atoms with van der Waals surface area (Å²) in [7, 11) is -1.98. The maximum Gasteiger partial charge on any atom is 0.246 e. The van der Waals surface area contributed by atoms with Gasteiger partial charge in [-0.2, -0.15) is 5.10 Å². The Hall–Kier alpha value is -0.920. The third kappa shape index (κ3) is 3.59. The standard InChI is InChI=1S/C13H25N3O3S/c1-10-12(11(2)16(14-10)7-8-17)20(18,19)15(6)9-13(3,4)5/h17H,7-9H2,1-6H3. The van der Waals surface area contributed by atoms with Crippen molar-refractivity contribution in [2.45, 2.75) is 46.1 Å². The summed E-state index contributed by atoms with van der Waals surface area (Å²) in [5, 5.41) is 13.2. The number of aliphatic hydroxyl groups is 1. The molecular weight excluding hydrogens is 278 g/mol. The molecule has 0 spiro atoms. The van der Waals surface area contributed by atoms with E-state index in [1.165, 1.54) is 8.99 Å². The third-order valence-corrected chi connectivity index (χ3v) is 5.05. The van der Waals surface area contributed by atoms with E-state index in [0.29, 0.717) is 24.5 Å². The molecule has 1 N–H and O–H groups in total. The van der Waals surface area contributed by atoms with Gasteiger partial charge in [0.25, 0.3) is 0 Å². The number of aliphatic hydroxyl groups excluding tert-OH is 1. The van der Waals surface area contributed by atoms with Crippen LogP contribution in [0.1, 0.15) is 32.2 Å². The largest absolute Gasteiger partial charge is 0.394 e. The first kappa shape index (κ1) is 17.1. The van der Waals surface area contributed by atoms with Crippen molar-refractivity contribution in [3.8, 4) is 0 Å². The van der Waals surface area contributed by atoms with Gasteiger partial charge in [-0.1, -0.05) is 20.8 Å². The molecule has 0 saturated heterocycles. The summed E-state index contributed by atoms with van der Waals surface area (Å²) in [6, 6.07) is 0. The first-order valence-corrected chi connectivity index (χ1v) is 8.06. The Labute approximate surface area is 121 Å². The molecule has 0 saturated carbocycles. The summed E-state index contributed by atoms with van der Waals surface area (Å²) in [5.41, 5.74) is 0.916. The highest BCUT2D eigenvalue weighted by Crippen LogP contribution is 2.25. The van der Waals surface area contributed by atoms with Crippen molar-refractivity contribution in [1.82, 2.24) is 14.1 Å². The van der Waals surface area contributed by atoms with Gasteiger partial charge in [0.05, 0.1) is 24.5 Å². The Kier molecular flexibility index (Phi) is 4.99. The summed E-state index contributed by atoms with van der Waals surface area (Å²) in [6.07, 6.45) is 0. The maximum atomic E-state index is 12.7. The fraction of sp³-hybridized carbons (Fsp3) is 0.769. The van der Waals surface area contributed by atoms with E-state index in [2.05, 4.69) is 5.10 Å². The lowest BCUT2D eigenvalue weighted by molar-refractivity contribution is 0.267. The first-order chi connectivity index (χ1) is 9.00. The Balaban J connectivity index is 3.22. The zero-order chi connectivity index (χ0) is 15.7. The van der Waals surface area contributed by atoms with E-state index in [1.54, 1.807) is 20.9 Å². The van der Waals surface area contributed by atoms with Crippen molar-refractivity contribution in [3.05, 3.63) is 11.4 Å². The van der Waals surface area contributed by atoms with E-state index in [1.807, 2.05) is 20.8 Å². The molecule has 20 heavy (non-hydrogen) atoms. The number of hydrogen-bond donors (Lipinski definition) is 1. The minimum atomic E-state index is -3.56. The van der Waals surface area contributed by atoms with Crippen LogP contribution in [0.3, 0.4) is 0 Å². The number of nitrogens with zero attached hydrogens (tertiary/aromatic N) is 3. The molecule has 1 heterocycles. The molecule has 0 aliphatic heterocycles. The molecule has 1 rings (SSSR count). The summed E-state index contributed by atoms with van der Waals surface area (Å²) < 4.78 is 28.3. The maximum absolute atomic E-state index is 12.7. The van der Waals surface area contributed by atoms with Gasteiger partial charge in [0, 0.05) is 13.6 Å². The molecule has 0 bridgehead atoms. The van der Waals surface area contributed by atoms with Crippen LogP contribution in [0.2, 0.25) is 0 Å². The highest BCUT2D eigenvalue weighted by Gasteiger charge is 2.30. The molecule has 0 aliphatic carbocycles. The lowest BCUT2D eigenvalue weighted by atomic mass is 9.97. The zero-order valence-corrected chi connectivity index (χ0v) is 14.0. The molecule has 0 amide bonds. The molecular formula is C13H25N3O3S. The number of hydrogen-bond acceptors (Lipinski definition) is 4. The molecule has 0 aliphatic rings. The van der Waals surface area contributed by atoms with Crippen molar-refractivity contribution < 1.29 is 13.5 Å². The van der Waals surface area contributed by atoms with Crippen LogP contribution in [-0.2, 0) is 16.6 Å². The normalized spacial score (nSPS) is 13.2. The van der Waals surface area contributed by atoms with Crippen LogP contribution in [0.5, 0.6) is 0 Å². The summed E-state index contributed by atoms with van der Waals surface area (Å²) in [6.45, 7) is 10.0. The van der Waals surface area contributed by atoms with E-state index < -0.39 is 10.0 Å². The van der Waals surface area contributed by atoms with E-state index in [9.17, 15) is 8.42 Å². The van der Waals surface area contributed by atoms with Crippen LogP contribution in [0.4, 0.5) is 0 Å². The molecule has 6 nitrogen and oxygen atoms in total. The highest BCUT2D eigenvalue weighted by molar-refractivity contribution is 7.89. The quantitative estimate of drug-likeness (QED) is 0.885. The topological polar surface area (TPSA) is 75.4 Å². The van der Waals surface area contributed by atoms with Crippen LogP contribution in [0.25, 0.3) is 0 Å². The molecule has 0 fully saturated rings. The van der Waals surface area contributed by atoms with Gasteiger partial charge in [0.2, 0.25) is 10.0 Å². The number of rotatable bonds is 5. The van der Waals surface area contributed by atoms with Gasteiger partial charge in [-0.05, 0) is 19.3 Å². The molecule has 0 atom stereocenters. The van der Waals surface area contributed by atoms with E-state index in [0.717, 1.165) is 0 Å². The van der Waals surface area contributed by atoms with Crippen LogP contribution >= 0.6 is 0 Å². The fourth-order valence-electron chi connectivity index (χ4n) is 2.28. The average molecular weight is 303 g/mol.